The number of carbonyl (C=O) groups is 1. The quantitative estimate of drug-likeness (QED) is 0.432. The van der Waals surface area contributed by atoms with Crippen LogP contribution in [0.4, 0.5) is 14.6 Å². The van der Waals surface area contributed by atoms with Gasteiger partial charge in [0.05, 0.1) is 28.7 Å². The van der Waals surface area contributed by atoms with Gasteiger partial charge in [-0.05, 0) is 41.8 Å². The molecule has 2 aromatic heterocycles. The number of anilines is 1. The Kier molecular flexibility index (Phi) is 5.00. The molecule has 0 unspecified atom stereocenters. The predicted octanol–water partition coefficient (Wildman–Crippen LogP) is 5.11. The fourth-order valence-electron chi connectivity index (χ4n) is 5.21. The minimum Gasteiger partial charge on any atom is -0.491 e. The third kappa shape index (κ3) is 3.57. The second-order valence-corrected chi connectivity index (χ2v) is 9.54. The molecule has 1 amide bonds. The van der Waals surface area contributed by atoms with Crippen molar-refractivity contribution in [1.82, 2.24) is 19.7 Å². The van der Waals surface area contributed by atoms with Crippen LogP contribution in [0, 0.1) is 0 Å². The van der Waals surface area contributed by atoms with Crippen LogP contribution in [0.2, 0.25) is 0 Å². The Bertz CT molecular complexity index is 1580. The first-order valence-corrected chi connectivity index (χ1v) is 11.8. The largest absolute Gasteiger partial charge is 0.491 e. The number of likely N-dealkylation sites (N-methyl/N-ethyl adjacent to an activating group) is 1. The number of alkyl halides is 2. The predicted molar refractivity (Wildman–Crippen MR) is 134 cm³/mol. The molecule has 2 aromatic carbocycles. The number of halogens is 2. The van der Waals surface area contributed by atoms with E-state index >= 15 is 0 Å². The highest BCUT2D eigenvalue weighted by atomic mass is 19.3. The standard InChI is InChI=1S/C27H25F2N5O2/c1-33(22-14-36-23-12-16(3-5-18(22)23)15-7-9-27(28,29)10-8-15)26(35)17-4-6-21-19(11-17)24-20(25(30)32-21)13-31-34(24)2/h3-7,11-13,22H,8-10,14H2,1-2H3,(H2,30,32)/t22-/m1/s1. The van der Waals surface area contributed by atoms with Crippen molar-refractivity contribution in [2.45, 2.75) is 31.2 Å². The summed E-state index contributed by atoms with van der Waals surface area (Å²) in [6, 6.07) is 10.9. The molecule has 184 valence electrons. The van der Waals surface area contributed by atoms with Gasteiger partial charge in [0.15, 0.2) is 0 Å². The number of hydrogen-bond donors (Lipinski definition) is 1. The molecule has 0 spiro atoms. The molecule has 0 saturated heterocycles. The van der Waals surface area contributed by atoms with Crippen LogP contribution in [0.15, 0.2) is 48.7 Å². The lowest BCUT2D eigenvalue weighted by Gasteiger charge is -2.24. The Balaban J connectivity index is 1.29. The first kappa shape index (κ1) is 22.5. The maximum absolute atomic E-state index is 13.5. The molecule has 2 N–H and O–H groups in total. The van der Waals surface area contributed by atoms with E-state index in [4.69, 9.17) is 10.5 Å². The highest BCUT2D eigenvalue weighted by Gasteiger charge is 2.33. The zero-order chi connectivity index (χ0) is 25.2. The Morgan fingerprint density at radius 1 is 1.22 bits per heavy atom. The average Bonchev–Trinajstić information content (AvgIpc) is 3.47. The van der Waals surface area contributed by atoms with Gasteiger partial charge >= 0.3 is 0 Å². The van der Waals surface area contributed by atoms with Crippen molar-refractivity contribution in [3.05, 3.63) is 65.4 Å². The normalized spacial score (nSPS) is 18.7. The average molecular weight is 490 g/mol. The monoisotopic (exact) mass is 489 g/mol. The van der Waals surface area contributed by atoms with Gasteiger partial charge in [-0.1, -0.05) is 18.2 Å². The maximum Gasteiger partial charge on any atom is 0.254 e. The van der Waals surface area contributed by atoms with Crippen molar-refractivity contribution in [3.63, 3.8) is 0 Å². The third-order valence-corrected chi connectivity index (χ3v) is 7.29. The fourth-order valence-corrected chi connectivity index (χ4v) is 5.21. The zero-order valence-corrected chi connectivity index (χ0v) is 20.0. The molecule has 1 aliphatic heterocycles. The highest BCUT2D eigenvalue weighted by molar-refractivity contribution is 6.10. The van der Waals surface area contributed by atoms with Crippen molar-refractivity contribution in [1.29, 1.82) is 0 Å². The zero-order valence-electron chi connectivity index (χ0n) is 20.0. The smallest absolute Gasteiger partial charge is 0.254 e. The number of nitrogens with two attached hydrogens (primary N) is 1. The van der Waals surface area contributed by atoms with Crippen LogP contribution in [0.5, 0.6) is 5.75 Å². The van der Waals surface area contributed by atoms with E-state index in [0.717, 1.165) is 33.0 Å². The van der Waals surface area contributed by atoms with Crippen LogP contribution in [-0.4, -0.2) is 45.1 Å². The number of fused-ring (bicyclic) bond motifs is 4. The van der Waals surface area contributed by atoms with E-state index < -0.39 is 5.92 Å². The summed E-state index contributed by atoms with van der Waals surface area (Å²) in [4.78, 5) is 19.6. The van der Waals surface area contributed by atoms with Crippen LogP contribution >= 0.6 is 0 Å². The summed E-state index contributed by atoms with van der Waals surface area (Å²) in [5.41, 5.74) is 10.8. The van der Waals surface area contributed by atoms with Gasteiger partial charge in [0.2, 0.25) is 0 Å². The first-order valence-electron chi connectivity index (χ1n) is 11.8. The SMILES string of the molecule is CN(C(=O)c1ccc2nc(N)c3cnn(C)c3c2c1)[C@@H]1COc2cc(C3=CCC(F)(F)CC3)ccc21. The summed E-state index contributed by atoms with van der Waals surface area (Å²) in [6.07, 6.45) is 3.25. The molecule has 7 nitrogen and oxygen atoms in total. The number of carbonyl (C=O) groups excluding carboxylic acids is 1. The van der Waals surface area contributed by atoms with Gasteiger partial charge in [-0.25, -0.2) is 13.8 Å². The van der Waals surface area contributed by atoms with Crippen LogP contribution in [-0.2, 0) is 7.05 Å². The number of allylic oxidation sites excluding steroid dienone is 2. The van der Waals surface area contributed by atoms with Gasteiger partial charge in [0.1, 0.15) is 18.2 Å². The molecule has 0 bridgehead atoms. The van der Waals surface area contributed by atoms with E-state index in [1.54, 1.807) is 41.0 Å². The molecule has 1 aliphatic carbocycles. The van der Waals surface area contributed by atoms with Crippen LogP contribution in [0.3, 0.4) is 0 Å². The molecule has 3 heterocycles. The number of benzene rings is 2. The van der Waals surface area contributed by atoms with Crippen LogP contribution < -0.4 is 10.5 Å². The lowest BCUT2D eigenvalue weighted by Crippen LogP contribution is -2.32. The van der Waals surface area contributed by atoms with E-state index in [0.29, 0.717) is 35.7 Å². The molecule has 0 radical (unpaired) electrons. The van der Waals surface area contributed by atoms with Crippen molar-refractivity contribution < 1.29 is 18.3 Å². The summed E-state index contributed by atoms with van der Waals surface area (Å²) in [7, 11) is 3.59. The van der Waals surface area contributed by atoms with Gasteiger partial charge in [-0.15, -0.1) is 0 Å². The van der Waals surface area contributed by atoms with Crippen molar-refractivity contribution in [2.75, 3.05) is 19.4 Å². The molecule has 9 heteroatoms. The number of pyridine rings is 1. The van der Waals surface area contributed by atoms with Crippen molar-refractivity contribution in [3.8, 4) is 5.75 Å². The summed E-state index contributed by atoms with van der Waals surface area (Å²) in [5.74, 6) is -1.69. The van der Waals surface area contributed by atoms with Crippen LogP contribution in [0.1, 0.15) is 46.8 Å². The number of nitrogen functional groups attached to an aromatic ring is 1. The van der Waals surface area contributed by atoms with Crippen LogP contribution in [0.25, 0.3) is 27.4 Å². The molecule has 6 rings (SSSR count). The molecular formula is C27H25F2N5O2. The number of nitrogens with zero attached hydrogens (tertiary/aromatic N) is 4. The molecule has 2 aliphatic rings. The molecule has 4 aromatic rings. The van der Waals surface area contributed by atoms with E-state index in [1.807, 2.05) is 31.3 Å². The number of amides is 1. The summed E-state index contributed by atoms with van der Waals surface area (Å²) < 4.78 is 34.7. The highest BCUT2D eigenvalue weighted by Crippen LogP contribution is 2.41. The summed E-state index contributed by atoms with van der Waals surface area (Å²) >= 11 is 0. The molecule has 1 atom stereocenters. The lowest BCUT2D eigenvalue weighted by molar-refractivity contribution is -0.00603. The lowest BCUT2D eigenvalue weighted by atomic mass is 9.90. The van der Waals surface area contributed by atoms with E-state index in [1.165, 1.54) is 0 Å². The number of hydrogen-bond acceptors (Lipinski definition) is 5. The van der Waals surface area contributed by atoms with Gasteiger partial charge < -0.3 is 15.4 Å². The Hall–Kier alpha value is -4.01. The number of ether oxygens (including phenoxy) is 1. The van der Waals surface area contributed by atoms with Crippen molar-refractivity contribution in [2.24, 2.45) is 7.05 Å². The molecule has 36 heavy (non-hydrogen) atoms. The number of aromatic nitrogens is 3. The van der Waals surface area contributed by atoms with Gasteiger partial charge in [-0.2, -0.15) is 5.10 Å². The van der Waals surface area contributed by atoms with Crippen molar-refractivity contribution >= 4 is 39.1 Å². The second kappa shape index (κ2) is 8.01. The van der Waals surface area contributed by atoms with E-state index in [9.17, 15) is 13.6 Å². The number of rotatable bonds is 3. The molecule has 0 saturated carbocycles. The second-order valence-electron chi connectivity index (χ2n) is 9.54. The van der Waals surface area contributed by atoms with Gasteiger partial charge in [0, 0.05) is 43.5 Å². The Morgan fingerprint density at radius 2 is 2.06 bits per heavy atom. The maximum atomic E-state index is 13.5. The van der Waals surface area contributed by atoms with E-state index in [-0.39, 0.29) is 24.8 Å². The first-order chi connectivity index (χ1) is 17.2. The molecular weight excluding hydrogens is 464 g/mol. The Labute approximate surface area is 206 Å². The number of aryl methyl sites for hydroxylation is 1. The molecule has 0 fully saturated rings. The fraction of sp³-hybridized carbons (Fsp3) is 0.296. The minimum absolute atomic E-state index is 0.143. The van der Waals surface area contributed by atoms with E-state index in [2.05, 4.69) is 10.1 Å². The summed E-state index contributed by atoms with van der Waals surface area (Å²) in [5, 5.41) is 5.84. The topological polar surface area (TPSA) is 86.3 Å². The Morgan fingerprint density at radius 3 is 2.83 bits per heavy atom. The van der Waals surface area contributed by atoms with Gasteiger partial charge in [0.25, 0.3) is 11.8 Å². The third-order valence-electron chi connectivity index (χ3n) is 7.29. The van der Waals surface area contributed by atoms with Gasteiger partial charge in [-0.3, -0.25) is 9.48 Å². The minimum atomic E-state index is -2.63. The summed E-state index contributed by atoms with van der Waals surface area (Å²) in [6.45, 7) is 0.329.